The van der Waals surface area contributed by atoms with E-state index in [9.17, 15) is 4.79 Å². The molecule has 2 N–H and O–H groups in total. The molecule has 0 saturated carbocycles. The highest BCUT2D eigenvalue weighted by molar-refractivity contribution is 5.74. The zero-order valence-corrected chi connectivity index (χ0v) is 9.34. The molecule has 4 heteroatoms. The van der Waals surface area contributed by atoms with Gasteiger partial charge in [0.05, 0.1) is 0 Å². The molecule has 1 saturated heterocycles. The molecular weight excluding hydrogens is 178 g/mol. The third-order valence-corrected chi connectivity index (χ3v) is 2.76. The van der Waals surface area contributed by atoms with Crippen LogP contribution < -0.4 is 10.6 Å². The van der Waals surface area contributed by atoms with E-state index in [4.69, 9.17) is 0 Å². The van der Waals surface area contributed by atoms with Gasteiger partial charge in [0.25, 0.3) is 0 Å². The van der Waals surface area contributed by atoms with Gasteiger partial charge in [0, 0.05) is 32.2 Å². The topological polar surface area (TPSA) is 44.4 Å². The maximum absolute atomic E-state index is 11.7. The molecule has 0 aromatic rings. The number of urea groups is 1. The second kappa shape index (κ2) is 5.20. The van der Waals surface area contributed by atoms with E-state index < -0.39 is 0 Å². The molecule has 4 nitrogen and oxygen atoms in total. The Hall–Kier alpha value is -0.770. The van der Waals surface area contributed by atoms with E-state index in [0.29, 0.717) is 5.92 Å². The summed E-state index contributed by atoms with van der Waals surface area (Å²) in [6.07, 6.45) is 0. The Morgan fingerprint density at radius 1 is 1.29 bits per heavy atom. The third-order valence-electron chi connectivity index (χ3n) is 2.76. The minimum atomic E-state index is 0.0766. The Labute approximate surface area is 86.0 Å². The molecule has 1 fully saturated rings. The Morgan fingerprint density at radius 3 is 2.36 bits per heavy atom. The quantitative estimate of drug-likeness (QED) is 0.685. The number of carbonyl (C=O) groups excluding carboxylic acids is 1. The van der Waals surface area contributed by atoms with Crippen molar-refractivity contribution in [1.29, 1.82) is 0 Å². The van der Waals surface area contributed by atoms with Crippen molar-refractivity contribution in [2.45, 2.75) is 26.8 Å². The van der Waals surface area contributed by atoms with Gasteiger partial charge in [-0.2, -0.15) is 0 Å². The molecule has 82 valence electrons. The van der Waals surface area contributed by atoms with Crippen LogP contribution in [0.1, 0.15) is 20.8 Å². The van der Waals surface area contributed by atoms with Crippen LogP contribution >= 0.6 is 0 Å². The van der Waals surface area contributed by atoms with Crippen molar-refractivity contribution in [3.8, 4) is 0 Å². The number of hydrogen-bond donors (Lipinski definition) is 2. The lowest BCUT2D eigenvalue weighted by Gasteiger charge is -2.29. The molecule has 0 aliphatic carbocycles. The van der Waals surface area contributed by atoms with Crippen molar-refractivity contribution in [2.75, 3.05) is 26.2 Å². The van der Waals surface area contributed by atoms with Crippen LogP contribution in [0.5, 0.6) is 0 Å². The summed E-state index contributed by atoms with van der Waals surface area (Å²) in [5, 5.41) is 6.23. The van der Waals surface area contributed by atoms with Crippen LogP contribution in [0.15, 0.2) is 0 Å². The standard InChI is InChI=1S/C10H21N3O/c1-8(2)9(3)12-10(14)13-6-4-11-5-7-13/h8-9,11H,4-7H2,1-3H3,(H,12,14). The molecule has 14 heavy (non-hydrogen) atoms. The molecule has 1 aliphatic heterocycles. The maximum atomic E-state index is 11.7. The highest BCUT2D eigenvalue weighted by atomic mass is 16.2. The number of hydrogen-bond acceptors (Lipinski definition) is 2. The average molecular weight is 199 g/mol. The predicted octanol–water partition coefficient (Wildman–Crippen LogP) is 0.646. The Balaban J connectivity index is 2.33. The number of nitrogens with zero attached hydrogens (tertiary/aromatic N) is 1. The summed E-state index contributed by atoms with van der Waals surface area (Å²) < 4.78 is 0. The van der Waals surface area contributed by atoms with Gasteiger partial charge in [-0.05, 0) is 12.8 Å². The molecule has 2 amide bonds. The zero-order valence-electron chi connectivity index (χ0n) is 9.34. The predicted molar refractivity (Wildman–Crippen MR) is 57.3 cm³/mol. The van der Waals surface area contributed by atoms with Crippen LogP contribution in [-0.2, 0) is 0 Å². The van der Waals surface area contributed by atoms with Crippen molar-refractivity contribution in [1.82, 2.24) is 15.5 Å². The zero-order chi connectivity index (χ0) is 10.6. The molecular formula is C10H21N3O. The summed E-state index contributed by atoms with van der Waals surface area (Å²) in [4.78, 5) is 13.6. The molecule has 1 heterocycles. The van der Waals surface area contributed by atoms with Gasteiger partial charge in [-0.25, -0.2) is 4.79 Å². The molecule has 0 spiro atoms. The maximum Gasteiger partial charge on any atom is 0.317 e. The number of carbonyl (C=O) groups is 1. The molecule has 1 rings (SSSR count). The van der Waals surface area contributed by atoms with Crippen molar-refractivity contribution >= 4 is 6.03 Å². The van der Waals surface area contributed by atoms with Crippen LogP contribution in [-0.4, -0.2) is 43.2 Å². The minimum absolute atomic E-state index is 0.0766. The van der Waals surface area contributed by atoms with Gasteiger partial charge in [-0.1, -0.05) is 13.8 Å². The Morgan fingerprint density at radius 2 is 1.86 bits per heavy atom. The van der Waals surface area contributed by atoms with Crippen molar-refractivity contribution < 1.29 is 4.79 Å². The van der Waals surface area contributed by atoms with Gasteiger partial charge in [0.2, 0.25) is 0 Å². The van der Waals surface area contributed by atoms with Crippen LogP contribution in [0.25, 0.3) is 0 Å². The number of rotatable bonds is 2. The monoisotopic (exact) mass is 199 g/mol. The molecule has 1 unspecified atom stereocenters. The number of amides is 2. The van der Waals surface area contributed by atoms with Crippen LogP contribution in [0.3, 0.4) is 0 Å². The van der Waals surface area contributed by atoms with E-state index in [1.807, 2.05) is 11.8 Å². The van der Waals surface area contributed by atoms with E-state index in [0.717, 1.165) is 26.2 Å². The van der Waals surface area contributed by atoms with Crippen molar-refractivity contribution in [3.63, 3.8) is 0 Å². The van der Waals surface area contributed by atoms with Crippen LogP contribution in [0.4, 0.5) is 4.79 Å². The van der Waals surface area contributed by atoms with Crippen molar-refractivity contribution in [2.24, 2.45) is 5.92 Å². The fourth-order valence-corrected chi connectivity index (χ4v) is 1.32. The summed E-state index contributed by atoms with van der Waals surface area (Å²) in [7, 11) is 0. The highest BCUT2D eigenvalue weighted by Crippen LogP contribution is 2.01. The first-order chi connectivity index (χ1) is 6.61. The van der Waals surface area contributed by atoms with Gasteiger partial charge < -0.3 is 15.5 Å². The summed E-state index contributed by atoms with van der Waals surface area (Å²) in [6, 6.07) is 0.324. The number of piperazine rings is 1. The first-order valence-electron chi connectivity index (χ1n) is 5.37. The van der Waals surface area contributed by atoms with E-state index in [1.54, 1.807) is 0 Å². The lowest BCUT2D eigenvalue weighted by Crippen LogP contribution is -2.52. The fraction of sp³-hybridized carbons (Fsp3) is 0.900. The smallest absolute Gasteiger partial charge is 0.317 e. The van der Waals surface area contributed by atoms with Crippen LogP contribution in [0, 0.1) is 5.92 Å². The van der Waals surface area contributed by atoms with E-state index >= 15 is 0 Å². The van der Waals surface area contributed by atoms with Gasteiger partial charge in [-0.15, -0.1) is 0 Å². The summed E-state index contributed by atoms with van der Waals surface area (Å²) >= 11 is 0. The second-order valence-electron chi connectivity index (χ2n) is 4.22. The lowest BCUT2D eigenvalue weighted by atomic mass is 10.1. The lowest BCUT2D eigenvalue weighted by molar-refractivity contribution is 0.184. The van der Waals surface area contributed by atoms with Crippen molar-refractivity contribution in [3.05, 3.63) is 0 Å². The first kappa shape index (κ1) is 11.3. The van der Waals surface area contributed by atoms with Crippen LogP contribution in [0.2, 0.25) is 0 Å². The molecule has 0 aromatic heterocycles. The second-order valence-corrected chi connectivity index (χ2v) is 4.22. The fourth-order valence-electron chi connectivity index (χ4n) is 1.32. The molecule has 0 aromatic carbocycles. The third kappa shape index (κ3) is 3.18. The van der Waals surface area contributed by atoms with Gasteiger partial charge in [0.15, 0.2) is 0 Å². The van der Waals surface area contributed by atoms with Gasteiger partial charge in [0.1, 0.15) is 0 Å². The normalized spacial score (nSPS) is 19.6. The number of nitrogens with one attached hydrogen (secondary N) is 2. The summed E-state index contributed by atoms with van der Waals surface area (Å²) in [5.41, 5.74) is 0. The SMILES string of the molecule is CC(C)C(C)NC(=O)N1CCNCC1. The van der Waals surface area contributed by atoms with E-state index in [1.165, 1.54) is 0 Å². The minimum Gasteiger partial charge on any atom is -0.335 e. The highest BCUT2D eigenvalue weighted by Gasteiger charge is 2.18. The van der Waals surface area contributed by atoms with E-state index in [2.05, 4.69) is 24.5 Å². The van der Waals surface area contributed by atoms with E-state index in [-0.39, 0.29) is 12.1 Å². The summed E-state index contributed by atoms with van der Waals surface area (Å²) in [5.74, 6) is 0.488. The van der Waals surface area contributed by atoms with Gasteiger partial charge >= 0.3 is 6.03 Å². The molecule has 0 radical (unpaired) electrons. The first-order valence-corrected chi connectivity index (χ1v) is 5.37. The average Bonchev–Trinajstić information content (AvgIpc) is 2.19. The molecule has 1 aliphatic rings. The molecule has 0 bridgehead atoms. The Kier molecular flexibility index (Phi) is 4.20. The summed E-state index contributed by atoms with van der Waals surface area (Å²) in [6.45, 7) is 9.72. The molecule has 1 atom stereocenters. The largest absolute Gasteiger partial charge is 0.335 e. The Bertz CT molecular complexity index is 188. The van der Waals surface area contributed by atoms with Gasteiger partial charge in [-0.3, -0.25) is 0 Å².